The monoisotopic (exact) mass is 646 g/mol. The lowest BCUT2D eigenvalue weighted by atomic mass is 9.70. The first kappa shape index (κ1) is 28.2. The average molecular weight is 647 g/mol. The Kier molecular flexibility index (Phi) is 5.91. The van der Waals surface area contributed by atoms with Gasteiger partial charge in [-0.25, -0.2) is 9.97 Å². The highest BCUT2D eigenvalue weighted by Crippen LogP contribution is 2.63. The molecule has 0 unspecified atom stereocenters. The molecule has 2 heteroatoms. The molecule has 0 fully saturated rings. The first-order chi connectivity index (χ1) is 25.3. The summed E-state index contributed by atoms with van der Waals surface area (Å²) >= 11 is 0. The van der Waals surface area contributed by atoms with Crippen LogP contribution in [0.2, 0.25) is 0 Å². The van der Waals surface area contributed by atoms with Gasteiger partial charge in [0.15, 0.2) is 5.82 Å². The lowest BCUT2D eigenvalue weighted by molar-refractivity contribution is 0.797. The van der Waals surface area contributed by atoms with Crippen LogP contribution >= 0.6 is 0 Å². The van der Waals surface area contributed by atoms with Gasteiger partial charge >= 0.3 is 0 Å². The smallest absolute Gasteiger partial charge is 0.160 e. The van der Waals surface area contributed by atoms with Crippen LogP contribution in [0.15, 0.2) is 182 Å². The van der Waals surface area contributed by atoms with Gasteiger partial charge in [-0.15, -0.1) is 0 Å². The first-order valence-corrected chi connectivity index (χ1v) is 17.6. The van der Waals surface area contributed by atoms with Crippen molar-refractivity contribution in [3.8, 4) is 56.2 Å². The third kappa shape index (κ3) is 3.93. The Balaban J connectivity index is 1.14. The normalized spacial score (nSPS) is 13.3. The van der Waals surface area contributed by atoms with E-state index in [9.17, 15) is 0 Å². The average Bonchev–Trinajstić information content (AvgIpc) is 3.69. The second-order valence-electron chi connectivity index (χ2n) is 13.7. The van der Waals surface area contributed by atoms with Gasteiger partial charge in [0.05, 0.1) is 16.8 Å². The molecule has 11 rings (SSSR count). The van der Waals surface area contributed by atoms with Crippen LogP contribution in [0.25, 0.3) is 77.7 Å². The molecule has 236 valence electrons. The third-order valence-corrected chi connectivity index (χ3v) is 11.1. The van der Waals surface area contributed by atoms with Crippen LogP contribution in [-0.2, 0) is 5.41 Å². The van der Waals surface area contributed by atoms with Crippen LogP contribution in [0.1, 0.15) is 22.3 Å². The predicted octanol–water partition coefficient (Wildman–Crippen LogP) is 12.1. The van der Waals surface area contributed by atoms with E-state index in [0.717, 1.165) is 33.6 Å². The molecule has 0 N–H and O–H groups in total. The summed E-state index contributed by atoms with van der Waals surface area (Å²) in [6, 6.07) is 65.9. The number of nitrogens with zero attached hydrogens (tertiary/aromatic N) is 2. The molecule has 0 saturated carbocycles. The Morgan fingerprint density at radius 1 is 0.333 bits per heavy atom. The van der Waals surface area contributed by atoms with Gasteiger partial charge in [0.25, 0.3) is 0 Å². The van der Waals surface area contributed by atoms with Crippen molar-refractivity contribution >= 4 is 21.5 Å². The molecule has 0 saturated heterocycles. The summed E-state index contributed by atoms with van der Waals surface area (Å²) < 4.78 is 0. The molecule has 8 aromatic carbocycles. The fourth-order valence-electron chi connectivity index (χ4n) is 8.99. The van der Waals surface area contributed by atoms with Gasteiger partial charge in [-0.1, -0.05) is 170 Å². The molecule has 1 spiro atoms. The molecule has 1 aromatic heterocycles. The summed E-state index contributed by atoms with van der Waals surface area (Å²) in [6.07, 6.45) is 0. The second-order valence-corrected chi connectivity index (χ2v) is 13.7. The summed E-state index contributed by atoms with van der Waals surface area (Å²) in [6.45, 7) is 0. The van der Waals surface area contributed by atoms with Crippen LogP contribution in [0.4, 0.5) is 0 Å². The van der Waals surface area contributed by atoms with Gasteiger partial charge in [-0.2, -0.15) is 0 Å². The first-order valence-electron chi connectivity index (χ1n) is 17.6. The van der Waals surface area contributed by atoms with Crippen molar-refractivity contribution in [2.45, 2.75) is 5.41 Å². The van der Waals surface area contributed by atoms with Crippen molar-refractivity contribution in [2.24, 2.45) is 0 Å². The van der Waals surface area contributed by atoms with Gasteiger partial charge in [-0.3, -0.25) is 0 Å². The van der Waals surface area contributed by atoms with E-state index in [2.05, 4.69) is 170 Å². The molecule has 0 atom stereocenters. The highest BCUT2D eigenvalue weighted by molar-refractivity contribution is 6.17. The Morgan fingerprint density at radius 3 is 1.49 bits per heavy atom. The molecule has 9 aromatic rings. The van der Waals surface area contributed by atoms with E-state index in [0.29, 0.717) is 5.82 Å². The van der Waals surface area contributed by atoms with E-state index in [1.54, 1.807) is 0 Å². The van der Waals surface area contributed by atoms with E-state index < -0.39 is 0 Å². The number of aromatic nitrogens is 2. The van der Waals surface area contributed by atoms with Crippen molar-refractivity contribution < 1.29 is 0 Å². The zero-order chi connectivity index (χ0) is 33.5. The Bertz CT molecular complexity index is 2730. The largest absolute Gasteiger partial charge is 0.228 e. The maximum atomic E-state index is 5.16. The summed E-state index contributed by atoms with van der Waals surface area (Å²) in [5, 5.41) is 5.36. The van der Waals surface area contributed by atoms with Gasteiger partial charge in [0.1, 0.15) is 0 Å². The number of hydrogen-bond acceptors (Lipinski definition) is 2. The highest BCUT2D eigenvalue weighted by Gasteiger charge is 2.51. The van der Waals surface area contributed by atoms with E-state index in [1.165, 1.54) is 60.5 Å². The van der Waals surface area contributed by atoms with Crippen molar-refractivity contribution in [3.05, 3.63) is 204 Å². The second kappa shape index (κ2) is 10.7. The van der Waals surface area contributed by atoms with Gasteiger partial charge < -0.3 is 0 Å². The Labute approximate surface area is 296 Å². The summed E-state index contributed by atoms with van der Waals surface area (Å²) in [4.78, 5) is 10.3. The Hall–Kier alpha value is -6.64. The number of benzene rings is 8. The minimum atomic E-state index is -0.389. The van der Waals surface area contributed by atoms with Crippen LogP contribution in [-0.4, -0.2) is 9.97 Å². The molecular weight excluding hydrogens is 617 g/mol. The lowest BCUT2D eigenvalue weighted by Gasteiger charge is -2.31. The van der Waals surface area contributed by atoms with Crippen LogP contribution < -0.4 is 0 Å². The Morgan fingerprint density at radius 2 is 0.824 bits per heavy atom. The molecule has 0 bridgehead atoms. The van der Waals surface area contributed by atoms with Crippen molar-refractivity contribution in [1.29, 1.82) is 0 Å². The molecule has 2 nitrogen and oxygen atoms in total. The molecule has 51 heavy (non-hydrogen) atoms. The standard InChI is InChI=1S/C49H30N2/c1-3-13-31(14-4-1)43-30-44(32-15-5-2-6-16-32)51-48(50-43)36-20-9-19-35(29-36)37-22-12-26-42-47(37)38-21-7-8-23-39(38)49(42)40-24-10-17-33-27-28-34-18-11-25-41(49)46(34)45(33)40/h1-30H. The maximum absolute atomic E-state index is 5.16. The topological polar surface area (TPSA) is 25.8 Å². The van der Waals surface area contributed by atoms with Crippen LogP contribution in [0.3, 0.4) is 0 Å². The van der Waals surface area contributed by atoms with E-state index in [-0.39, 0.29) is 5.41 Å². The summed E-state index contributed by atoms with van der Waals surface area (Å²) in [5.41, 5.74) is 15.0. The van der Waals surface area contributed by atoms with Crippen LogP contribution in [0, 0.1) is 0 Å². The summed E-state index contributed by atoms with van der Waals surface area (Å²) in [7, 11) is 0. The maximum Gasteiger partial charge on any atom is 0.160 e. The van der Waals surface area contributed by atoms with Crippen molar-refractivity contribution in [3.63, 3.8) is 0 Å². The van der Waals surface area contributed by atoms with Crippen molar-refractivity contribution in [1.82, 2.24) is 9.97 Å². The molecule has 1 heterocycles. The van der Waals surface area contributed by atoms with Crippen LogP contribution in [0.5, 0.6) is 0 Å². The number of hydrogen-bond donors (Lipinski definition) is 0. The molecular formula is C49H30N2. The highest BCUT2D eigenvalue weighted by atomic mass is 14.9. The van der Waals surface area contributed by atoms with Gasteiger partial charge in [-0.05, 0) is 78.2 Å². The molecule has 0 amide bonds. The predicted molar refractivity (Wildman–Crippen MR) is 210 cm³/mol. The van der Waals surface area contributed by atoms with E-state index in [1.807, 2.05) is 12.1 Å². The van der Waals surface area contributed by atoms with Crippen molar-refractivity contribution in [2.75, 3.05) is 0 Å². The zero-order valence-corrected chi connectivity index (χ0v) is 27.7. The lowest BCUT2D eigenvalue weighted by Crippen LogP contribution is -2.26. The molecule has 0 aliphatic heterocycles. The van der Waals surface area contributed by atoms with E-state index >= 15 is 0 Å². The van der Waals surface area contributed by atoms with Gasteiger partial charge in [0.2, 0.25) is 0 Å². The number of rotatable bonds is 4. The molecule has 2 aliphatic rings. The minimum Gasteiger partial charge on any atom is -0.228 e. The fourth-order valence-corrected chi connectivity index (χ4v) is 8.99. The molecule has 0 radical (unpaired) electrons. The quantitative estimate of drug-likeness (QED) is 0.178. The fraction of sp³-hybridized carbons (Fsp3) is 0.0204. The third-order valence-electron chi connectivity index (χ3n) is 11.1. The van der Waals surface area contributed by atoms with Gasteiger partial charge in [0, 0.05) is 16.7 Å². The summed E-state index contributed by atoms with van der Waals surface area (Å²) in [5.74, 6) is 0.714. The minimum absolute atomic E-state index is 0.389. The van der Waals surface area contributed by atoms with E-state index in [4.69, 9.17) is 9.97 Å². The SMILES string of the molecule is c1ccc(-c2cc(-c3ccccc3)nc(-c3cccc(-c4cccc5c4-c4ccccc4C54c5cccc6ccc7cccc4c7c56)c3)n2)cc1. The number of fused-ring (bicyclic) bond motifs is 7. The molecule has 2 aliphatic carbocycles. The zero-order valence-electron chi connectivity index (χ0n) is 27.7.